The molecule has 0 spiro atoms. The number of para-hydroxylation sites is 2. The number of anilines is 2. The van der Waals surface area contributed by atoms with Gasteiger partial charge in [-0.05, 0) is 66.2 Å². The molecule has 6 aromatic carbocycles. The largest absolute Gasteiger partial charge is 0.337 e. The van der Waals surface area contributed by atoms with Gasteiger partial charge in [0, 0.05) is 56.6 Å². The van der Waals surface area contributed by atoms with E-state index in [1.54, 1.807) is 0 Å². The van der Waals surface area contributed by atoms with Crippen LogP contribution in [-0.4, -0.2) is 26.1 Å². The first-order chi connectivity index (χ1) is 28.2. The maximum absolute atomic E-state index is 5.18. The number of hydrogen-bond donors (Lipinski definition) is 0. The fraction of sp³-hybridized carbons (Fsp3) is 0.0192. The van der Waals surface area contributed by atoms with E-state index in [2.05, 4.69) is 156 Å². The molecule has 4 heterocycles. The Hall–Kier alpha value is -7.63. The van der Waals surface area contributed by atoms with Gasteiger partial charge < -0.3 is 9.47 Å². The molecule has 1 aliphatic heterocycles. The van der Waals surface area contributed by atoms with Gasteiger partial charge in [0.1, 0.15) is 5.69 Å². The van der Waals surface area contributed by atoms with Crippen LogP contribution in [0.1, 0.15) is 5.56 Å². The van der Waals surface area contributed by atoms with E-state index in [4.69, 9.17) is 15.0 Å². The van der Waals surface area contributed by atoms with Crippen molar-refractivity contribution in [1.29, 1.82) is 0 Å². The summed E-state index contributed by atoms with van der Waals surface area (Å²) in [6.45, 7) is 5.23. The number of benzene rings is 6. The Morgan fingerprint density at radius 1 is 0.456 bits per heavy atom. The van der Waals surface area contributed by atoms with Crippen LogP contribution in [0.4, 0.5) is 11.4 Å². The highest BCUT2D eigenvalue weighted by Crippen LogP contribution is 2.39. The Morgan fingerprint density at radius 2 is 1.07 bits per heavy atom. The first-order valence-electron chi connectivity index (χ1n) is 19.2. The van der Waals surface area contributed by atoms with E-state index in [9.17, 15) is 0 Å². The van der Waals surface area contributed by atoms with Crippen LogP contribution in [-0.2, 0) is 0 Å². The number of fused-ring (bicyclic) bond motifs is 4. The van der Waals surface area contributed by atoms with Crippen molar-refractivity contribution in [2.75, 3.05) is 11.4 Å². The second-order valence-electron chi connectivity index (χ2n) is 14.1. The summed E-state index contributed by atoms with van der Waals surface area (Å²) in [4.78, 5) is 17.6. The lowest BCUT2D eigenvalue weighted by Crippen LogP contribution is -2.18. The lowest BCUT2D eigenvalue weighted by Gasteiger charge is -2.27. The molecule has 0 amide bonds. The molecule has 0 aliphatic carbocycles. The molecule has 0 radical (unpaired) electrons. The third kappa shape index (κ3) is 6.41. The smallest absolute Gasteiger partial charge is 0.179 e. The quantitative estimate of drug-likeness (QED) is 0.171. The van der Waals surface area contributed by atoms with Crippen LogP contribution in [0.15, 0.2) is 207 Å². The molecule has 10 rings (SSSR count). The average molecular weight is 732 g/mol. The van der Waals surface area contributed by atoms with Gasteiger partial charge in [-0.1, -0.05) is 146 Å². The number of hydrogen-bond acceptors (Lipinski definition) is 4. The number of rotatable bonds is 6. The van der Waals surface area contributed by atoms with E-state index < -0.39 is 0 Å². The zero-order valence-corrected chi connectivity index (χ0v) is 31.2. The van der Waals surface area contributed by atoms with Crippen LogP contribution in [0, 0.1) is 0 Å². The Kier molecular flexibility index (Phi) is 8.65. The SMILES string of the molecule is C=C1/C=C\C=C/CN(c2cccc(-n3c4ccccc4c4ccccc43)c2)c2ccc(-c3cccc(-c4nc(-c5ccccc5)cc(-c5ccccc5)n4)n3)cc21. The zero-order chi connectivity index (χ0) is 38.1. The molecule has 270 valence electrons. The minimum absolute atomic E-state index is 0.576. The van der Waals surface area contributed by atoms with E-state index >= 15 is 0 Å². The minimum atomic E-state index is 0.576. The lowest BCUT2D eigenvalue weighted by atomic mass is 9.98. The van der Waals surface area contributed by atoms with Crippen LogP contribution < -0.4 is 4.90 Å². The third-order valence-corrected chi connectivity index (χ3v) is 10.6. The monoisotopic (exact) mass is 731 g/mol. The van der Waals surface area contributed by atoms with Gasteiger partial charge >= 0.3 is 0 Å². The van der Waals surface area contributed by atoms with Gasteiger partial charge in [0.05, 0.1) is 28.1 Å². The standard InChI is InChI=1S/C52H37N5/c1-36-17-5-4-14-32-56(40-22-15-23-41(34-40)57-50-28-12-10-24-42(50)43-25-11-13-29-51(43)57)49-31-30-39(33-44(36)49)45-26-16-27-46(53-45)52-54-47(37-18-6-2-7-19-37)35-48(55-52)38-20-8-3-9-21-38/h2-31,33-35H,1,32H2/b14-4-,17-5-. The summed E-state index contributed by atoms with van der Waals surface area (Å²) >= 11 is 0. The Balaban J connectivity index is 1.06. The molecule has 0 N–H and O–H groups in total. The third-order valence-electron chi connectivity index (χ3n) is 10.6. The van der Waals surface area contributed by atoms with Gasteiger partial charge in [-0.3, -0.25) is 0 Å². The van der Waals surface area contributed by atoms with Crippen molar-refractivity contribution in [2.24, 2.45) is 0 Å². The summed E-state index contributed by atoms with van der Waals surface area (Å²) in [5.74, 6) is 0.576. The van der Waals surface area contributed by atoms with E-state index in [0.717, 1.165) is 62.0 Å². The number of aromatic nitrogens is 4. The molecule has 0 saturated heterocycles. The summed E-state index contributed by atoms with van der Waals surface area (Å²) in [6, 6.07) is 61.2. The normalized spacial score (nSPS) is 13.8. The van der Waals surface area contributed by atoms with Crippen molar-refractivity contribution in [3.8, 4) is 51.0 Å². The molecule has 9 aromatic rings. The predicted octanol–water partition coefficient (Wildman–Crippen LogP) is 12.9. The zero-order valence-electron chi connectivity index (χ0n) is 31.2. The molecule has 5 heteroatoms. The highest BCUT2D eigenvalue weighted by molar-refractivity contribution is 6.09. The van der Waals surface area contributed by atoms with Gasteiger partial charge in [0.25, 0.3) is 0 Å². The van der Waals surface area contributed by atoms with Crippen molar-refractivity contribution < 1.29 is 0 Å². The second kappa shape index (κ2) is 14.5. The van der Waals surface area contributed by atoms with Crippen molar-refractivity contribution >= 4 is 38.8 Å². The van der Waals surface area contributed by atoms with Crippen LogP contribution in [0.25, 0.3) is 78.4 Å². The lowest BCUT2D eigenvalue weighted by molar-refractivity contribution is 1.08. The number of nitrogens with zero attached hydrogens (tertiary/aromatic N) is 5. The van der Waals surface area contributed by atoms with Crippen LogP contribution in [0.5, 0.6) is 0 Å². The van der Waals surface area contributed by atoms with Gasteiger partial charge in [-0.25, -0.2) is 15.0 Å². The van der Waals surface area contributed by atoms with Crippen molar-refractivity contribution in [2.45, 2.75) is 0 Å². The average Bonchev–Trinajstić information content (AvgIpc) is 3.65. The highest BCUT2D eigenvalue weighted by Gasteiger charge is 2.19. The Labute approximate surface area is 331 Å². The van der Waals surface area contributed by atoms with E-state index in [1.165, 1.54) is 21.8 Å². The second-order valence-corrected chi connectivity index (χ2v) is 14.1. The number of pyridine rings is 1. The van der Waals surface area contributed by atoms with Crippen molar-refractivity contribution in [3.05, 3.63) is 212 Å². The summed E-state index contributed by atoms with van der Waals surface area (Å²) in [7, 11) is 0. The van der Waals surface area contributed by atoms with E-state index in [-0.39, 0.29) is 0 Å². The Morgan fingerprint density at radius 3 is 1.77 bits per heavy atom. The molecule has 0 saturated carbocycles. The van der Waals surface area contributed by atoms with Crippen LogP contribution in [0.3, 0.4) is 0 Å². The molecule has 0 unspecified atom stereocenters. The summed E-state index contributed by atoms with van der Waals surface area (Å²) < 4.78 is 2.37. The molecule has 5 nitrogen and oxygen atoms in total. The van der Waals surface area contributed by atoms with E-state index in [1.807, 2.05) is 60.7 Å². The molecule has 0 fully saturated rings. The van der Waals surface area contributed by atoms with Crippen LogP contribution in [0.2, 0.25) is 0 Å². The van der Waals surface area contributed by atoms with Gasteiger partial charge in [0.15, 0.2) is 5.82 Å². The van der Waals surface area contributed by atoms with Gasteiger partial charge in [0.2, 0.25) is 0 Å². The minimum Gasteiger partial charge on any atom is -0.337 e. The van der Waals surface area contributed by atoms with Crippen molar-refractivity contribution in [3.63, 3.8) is 0 Å². The molecule has 0 atom stereocenters. The number of allylic oxidation sites excluding steroid dienone is 4. The summed E-state index contributed by atoms with van der Waals surface area (Å²) in [6.07, 6.45) is 8.43. The maximum atomic E-state index is 5.18. The van der Waals surface area contributed by atoms with E-state index in [0.29, 0.717) is 18.1 Å². The van der Waals surface area contributed by atoms with Gasteiger partial charge in [-0.15, -0.1) is 0 Å². The molecule has 57 heavy (non-hydrogen) atoms. The Bertz CT molecular complexity index is 2900. The molecule has 1 aliphatic rings. The fourth-order valence-electron chi connectivity index (χ4n) is 7.83. The summed E-state index contributed by atoms with van der Waals surface area (Å²) in [5.41, 5.74) is 13.9. The van der Waals surface area contributed by atoms with Gasteiger partial charge in [-0.2, -0.15) is 0 Å². The highest BCUT2D eigenvalue weighted by atomic mass is 15.1. The first kappa shape index (κ1) is 33.9. The fourth-order valence-corrected chi connectivity index (χ4v) is 7.83. The predicted molar refractivity (Wildman–Crippen MR) is 237 cm³/mol. The maximum Gasteiger partial charge on any atom is 0.179 e. The van der Waals surface area contributed by atoms with Crippen molar-refractivity contribution in [1.82, 2.24) is 19.5 Å². The molecule has 3 aromatic heterocycles. The topological polar surface area (TPSA) is 46.8 Å². The first-order valence-corrected chi connectivity index (χ1v) is 19.2. The molecule has 0 bridgehead atoms. The summed E-state index contributed by atoms with van der Waals surface area (Å²) in [5, 5.41) is 2.49. The molecular weight excluding hydrogens is 695 g/mol. The molecular formula is C52H37N5. The van der Waals surface area contributed by atoms with Crippen LogP contribution >= 0.6 is 0 Å².